The topological polar surface area (TPSA) is 0 Å². The molecule has 0 nitrogen and oxygen atoms in total. The van der Waals surface area contributed by atoms with Crippen LogP contribution in [0.3, 0.4) is 0 Å². The van der Waals surface area contributed by atoms with Gasteiger partial charge in [-0.1, -0.05) is 24.3 Å². The monoisotopic (exact) mass is 162 g/mol. The van der Waals surface area contributed by atoms with E-state index < -0.39 is 12.3 Å². The zero-order valence-electron chi connectivity index (χ0n) is 4.22. The van der Waals surface area contributed by atoms with Crippen molar-refractivity contribution in [1.82, 2.24) is 0 Å². The molecule has 0 radical (unpaired) electrons. The Morgan fingerprint density at radius 3 is 1.88 bits per heavy atom. The Labute approximate surface area is 61.6 Å². The first-order chi connectivity index (χ1) is 3.80. The van der Waals surface area contributed by atoms with Crippen molar-refractivity contribution in [3.8, 4) is 0 Å². The average Bonchev–Trinajstić information content (AvgIpc) is 2.12. The molecule has 0 spiro atoms. The minimum Gasteiger partial charge on any atom is -0.233 e. The molecule has 0 atom stereocenters. The number of allylic oxidation sites excluding steroid dienone is 4. The molecule has 0 unspecified atom stereocenters. The highest BCUT2D eigenvalue weighted by Gasteiger charge is 2.21. The van der Waals surface area contributed by atoms with E-state index in [1.807, 2.05) is 24.3 Å². The first kappa shape index (κ1) is 6.71. The zero-order chi connectivity index (χ0) is 5.98. The summed E-state index contributed by atoms with van der Waals surface area (Å²) in [6.45, 7) is 0. The van der Waals surface area contributed by atoms with Crippen molar-refractivity contribution >= 4 is 32.4 Å². The van der Waals surface area contributed by atoms with E-state index in [0.29, 0.717) is 4.78 Å². The van der Waals surface area contributed by atoms with Gasteiger partial charge in [-0.3, -0.25) is 0 Å². The molecule has 0 N–H and O–H groups in total. The molecular formula is C5H5AlCl2. The summed E-state index contributed by atoms with van der Waals surface area (Å²) in [5, 5.41) is 0. The molecule has 0 bridgehead atoms. The molecule has 1 aliphatic rings. The van der Waals surface area contributed by atoms with Crippen LogP contribution in [0.4, 0.5) is 0 Å². The van der Waals surface area contributed by atoms with Gasteiger partial charge >= 0.3 is 12.3 Å². The van der Waals surface area contributed by atoms with Crippen LogP contribution in [-0.4, -0.2) is 12.3 Å². The summed E-state index contributed by atoms with van der Waals surface area (Å²) in [7, 11) is 11.4. The molecule has 8 heavy (non-hydrogen) atoms. The Morgan fingerprint density at radius 1 is 1.12 bits per heavy atom. The van der Waals surface area contributed by atoms with Crippen LogP contribution in [-0.2, 0) is 0 Å². The van der Waals surface area contributed by atoms with Crippen LogP contribution < -0.4 is 0 Å². The molecule has 0 saturated carbocycles. The third-order valence-corrected chi connectivity index (χ3v) is 3.84. The summed E-state index contributed by atoms with van der Waals surface area (Å²) >= 11 is -1.45. The lowest BCUT2D eigenvalue weighted by Crippen LogP contribution is -1.98. The molecule has 0 saturated heterocycles. The van der Waals surface area contributed by atoms with E-state index >= 15 is 0 Å². The number of hydrogen-bond acceptors (Lipinski definition) is 0. The minimum atomic E-state index is -1.45. The fourth-order valence-electron chi connectivity index (χ4n) is 0.617. The second-order valence-corrected chi connectivity index (χ2v) is 6.61. The third kappa shape index (κ3) is 1.53. The van der Waals surface area contributed by atoms with Crippen molar-refractivity contribution in [3.05, 3.63) is 24.3 Å². The highest BCUT2D eigenvalue weighted by molar-refractivity contribution is 7.34. The van der Waals surface area contributed by atoms with Gasteiger partial charge in [0.25, 0.3) is 0 Å². The number of rotatable bonds is 1. The third-order valence-electron chi connectivity index (χ3n) is 1.07. The molecule has 42 valence electrons. The highest BCUT2D eigenvalue weighted by atomic mass is 35.7. The van der Waals surface area contributed by atoms with Gasteiger partial charge < -0.3 is 0 Å². The van der Waals surface area contributed by atoms with E-state index in [1.54, 1.807) is 0 Å². The summed E-state index contributed by atoms with van der Waals surface area (Å²) in [4.78, 5) is 0. The second-order valence-electron chi connectivity index (χ2n) is 1.68. The van der Waals surface area contributed by atoms with Crippen molar-refractivity contribution in [1.29, 1.82) is 0 Å². The largest absolute Gasteiger partial charge is 0.530 e. The Hall–Kier alpha value is 0.592. The molecule has 0 aromatic carbocycles. The summed E-state index contributed by atoms with van der Waals surface area (Å²) in [5.41, 5.74) is 0. The van der Waals surface area contributed by atoms with Crippen molar-refractivity contribution in [2.24, 2.45) is 0 Å². The van der Waals surface area contributed by atoms with Crippen LogP contribution in [0.25, 0.3) is 0 Å². The Kier molecular flexibility index (Phi) is 2.47. The summed E-state index contributed by atoms with van der Waals surface area (Å²) in [6.07, 6.45) is 8.04. The van der Waals surface area contributed by atoms with Crippen LogP contribution >= 0.6 is 20.1 Å². The molecule has 1 aliphatic carbocycles. The van der Waals surface area contributed by atoms with Gasteiger partial charge in [0.05, 0.1) is 0 Å². The van der Waals surface area contributed by atoms with Crippen LogP contribution in [0, 0.1) is 0 Å². The predicted molar refractivity (Wildman–Crippen MR) is 39.5 cm³/mol. The molecule has 0 aromatic heterocycles. The molecule has 3 heteroatoms. The fourth-order valence-corrected chi connectivity index (χ4v) is 2.22. The normalized spacial score (nSPS) is 17.8. The van der Waals surface area contributed by atoms with Gasteiger partial charge in [-0.25, -0.2) is 20.1 Å². The first-order valence-electron chi connectivity index (χ1n) is 2.44. The van der Waals surface area contributed by atoms with E-state index in [2.05, 4.69) is 0 Å². The van der Waals surface area contributed by atoms with E-state index in [0.717, 1.165) is 0 Å². The van der Waals surface area contributed by atoms with Crippen LogP contribution in [0.1, 0.15) is 0 Å². The Balaban J connectivity index is 2.49. The summed E-state index contributed by atoms with van der Waals surface area (Å²) in [6, 6.07) is 0. The Morgan fingerprint density at radius 2 is 1.62 bits per heavy atom. The van der Waals surface area contributed by atoms with Crippen LogP contribution in [0.15, 0.2) is 24.3 Å². The minimum absolute atomic E-state index is 0.373. The van der Waals surface area contributed by atoms with E-state index in [9.17, 15) is 0 Å². The highest BCUT2D eigenvalue weighted by Crippen LogP contribution is 2.23. The second kappa shape index (κ2) is 2.94. The Bertz CT molecular complexity index is 116. The van der Waals surface area contributed by atoms with E-state index in [1.165, 1.54) is 0 Å². The number of hydrogen-bond donors (Lipinski definition) is 0. The van der Waals surface area contributed by atoms with Gasteiger partial charge in [0, 0.05) is 0 Å². The first-order valence-corrected chi connectivity index (χ1v) is 6.59. The molecule has 0 aromatic rings. The molecule has 0 aliphatic heterocycles. The molecule has 1 rings (SSSR count). The van der Waals surface area contributed by atoms with Gasteiger partial charge in [-0.15, -0.1) is 0 Å². The quantitative estimate of drug-likeness (QED) is 0.520. The lowest BCUT2D eigenvalue weighted by atomic mass is 10.5. The van der Waals surface area contributed by atoms with Gasteiger partial charge in [0.15, 0.2) is 0 Å². The number of halogens is 2. The van der Waals surface area contributed by atoms with Crippen LogP contribution in [0.2, 0.25) is 4.78 Å². The average molecular weight is 163 g/mol. The van der Waals surface area contributed by atoms with Gasteiger partial charge in [-0.05, 0) is 4.78 Å². The maximum Gasteiger partial charge on any atom is 0.530 e. The smallest absolute Gasteiger partial charge is 0.233 e. The maximum absolute atomic E-state index is 5.69. The van der Waals surface area contributed by atoms with Crippen molar-refractivity contribution in [2.45, 2.75) is 4.78 Å². The van der Waals surface area contributed by atoms with Crippen molar-refractivity contribution in [2.75, 3.05) is 0 Å². The standard InChI is InChI=1S/C5H5.Al.2ClH/c1-2-4-5-3-1;;;/h1-5H;;2*1H/q;+2;;/p-2. The van der Waals surface area contributed by atoms with Gasteiger partial charge in [0.2, 0.25) is 0 Å². The molecule has 0 heterocycles. The van der Waals surface area contributed by atoms with Crippen molar-refractivity contribution in [3.63, 3.8) is 0 Å². The van der Waals surface area contributed by atoms with E-state index in [-0.39, 0.29) is 0 Å². The van der Waals surface area contributed by atoms with Crippen molar-refractivity contribution < 1.29 is 0 Å². The van der Waals surface area contributed by atoms with E-state index in [4.69, 9.17) is 20.1 Å². The van der Waals surface area contributed by atoms with Crippen LogP contribution in [0.5, 0.6) is 0 Å². The molecule has 0 fully saturated rings. The lowest BCUT2D eigenvalue weighted by Gasteiger charge is -1.95. The zero-order valence-corrected chi connectivity index (χ0v) is 6.89. The van der Waals surface area contributed by atoms with Gasteiger partial charge in [-0.2, -0.15) is 0 Å². The lowest BCUT2D eigenvalue weighted by molar-refractivity contribution is 1.41. The summed E-state index contributed by atoms with van der Waals surface area (Å²) in [5.74, 6) is 0. The maximum atomic E-state index is 5.69. The molecular weight excluding hydrogens is 158 g/mol. The SMILES string of the molecule is [Cl][Al]([Cl])[CH]1C=CC=C1. The van der Waals surface area contributed by atoms with Gasteiger partial charge in [0.1, 0.15) is 0 Å². The fraction of sp³-hybridized carbons (Fsp3) is 0.200. The predicted octanol–water partition coefficient (Wildman–Crippen LogP) is 2.45. The summed E-state index contributed by atoms with van der Waals surface area (Å²) < 4.78 is 0.373. The molecule has 0 amide bonds.